The minimum Gasteiger partial charge on any atom is -0.345 e. The molecule has 1 spiro atoms. The van der Waals surface area contributed by atoms with Crippen LogP contribution in [-0.4, -0.2) is 67.5 Å². The number of hydrogen-bond acceptors (Lipinski definition) is 4. The van der Waals surface area contributed by atoms with Gasteiger partial charge >= 0.3 is 0 Å². The number of halogens is 1. The van der Waals surface area contributed by atoms with Crippen molar-refractivity contribution in [3.8, 4) is 0 Å². The third kappa shape index (κ3) is 3.13. The Morgan fingerprint density at radius 1 is 1.17 bits per heavy atom. The summed E-state index contributed by atoms with van der Waals surface area (Å²) in [5, 5.41) is 4.26. The zero-order valence-corrected chi connectivity index (χ0v) is 17.6. The number of aromatic nitrogens is 4. The van der Waals surface area contributed by atoms with Crippen LogP contribution in [0.2, 0.25) is 0 Å². The molecule has 150 valence electrons. The molecule has 2 amide bonds. The maximum atomic E-state index is 13.1. The Kier molecular flexibility index (Phi) is 4.23. The summed E-state index contributed by atoms with van der Waals surface area (Å²) in [5.74, 6) is -0.0194. The van der Waals surface area contributed by atoms with Crippen LogP contribution in [0, 0.1) is 5.41 Å². The van der Waals surface area contributed by atoms with Gasteiger partial charge in [0.25, 0.3) is 11.8 Å². The maximum absolute atomic E-state index is 13.1. The van der Waals surface area contributed by atoms with Crippen molar-refractivity contribution < 1.29 is 9.59 Å². The van der Waals surface area contributed by atoms with Crippen LogP contribution in [0.25, 0.3) is 11.0 Å². The molecule has 0 unspecified atom stereocenters. The number of imidazole rings is 1. The van der Waals surface area contributed by atoms with Gasteiger partial charge in [-0.15, -0.1) is 0 Å². The second-order valence-electron chi connectivity index (χ2n) is 8.13. The molecular weight excluding hydrogens is 436 g/mol. The summed E-state index contributed by atoms with van der Waals surface area (Å²) in [6, 6.07) is 5.57. The van der Waals surface area contributed by atoms with Gasteiger partial charge in [0.15, 0.2) is 5.69 Å². The summed E-state index contributed by atoms with van der Waals surface area (Å²) in [5.41, 5.74) is 2.82. The molecule has 2 aliphatic rings. The lowest BCUT2D eigenvalue weighted by Gasteiger charge is -2.54. The molecule has 2 fully saturated rings. The number of fused-ring (bicyclic) bond motifs is 1. The predicted molar refractivity (Wildman–Crippen MR) is 110 cm³/mol. The molecule has 1 N–H and O–H groups in total. The monoisotopic (exact) mass is 456 g/mol. The van der Waals surface area contributed by atoms with Crippen molar-refractivity contribution in [1.29, 1.82) is 0 Å². The number of H-pyrrole nitrogens is 1. The Labute approximate surface area is 176 Å². The van der Waals surface area contributed by atoms with Gasteiger partial charge in [-0.1, -0.05) is 0 Å². The van der Waals surface area contributed by atoms with Crippen molar-refractivity contribution >= 4 is 38.8 Å². The van der Waals surface area contributed by atoms with Crippen LogP contribution in [-0.2, 0) is 7.05 Å². The van der Waals surface area contributed by atoms with E-state index in [1.54, 1.807) is 24.3 Å². The van der Waals surface area contributed by atoms with E-state index in [0.29, 0.717) is 35.4 Å². The topological polar surface area (TPSA) is 87.1 Å². The van der Waals surface area contributed by atoms with Crippen LogP contribution in [0.1, 0.15) is 33.7 Å². The number of aromatic amines is 1. The van der Waals surface area contributed by atoms with E-state index in [0.717, 1.165) is 30.4 Å². The molecule has 0 saturated carbocycles. The van der Waals surface area contributed by atoms with Crippen molar-refractivity contribution in [3.63, 3.8) is 0 Å². The van der Waals surface area contributed by atoms with E-state index in [-0.39, 0.29) is 17.2 Å². The lowest BCUT2D eigenvalue weighted by atomic mass is 9.73. The second-order valence-corrected chi connectivity index (χ2v) is 8.98. The molecule has 0 bridgehead atoms. The fourth-order valence-electron chi connectivity index (χ4n) is 4.55. The van der Waals surface area contributed by atoms with Crippen LogP contribution in [0.3, 0.4) is 0 Å². The van der Waals surface area contributed by atoms with Crippen LogP contribution < -0.4 is 0 Å². The van der Waals surface area contributed by atoms with E-state index in [9.17, 15) is 9.59 Å². The highest BCUT2D eigenvalue weighted by molar-refractivity contribution is 9.10. The van der Waals surface area contributed by atoms with Gasteiger partial charge < -0.3 is 14.8 Å². The SMILES string of the molecule is Cn1cc(Br)c(C(=O)N2CC3(CCCN(C(=O)c4ccc5nc[nH]c5c4)C3)C2)n1. The molecule has 1 aromatic carbocycles. The number of hydrogen-bond donors (Lipinski definition) is 1. The molecular formula is C20H21BrN6O2. The zero-order chi connectivity index (χ0) is 20.2. The first-order chi connectivity index (χ1) is 13.9. The molecule has 8 nitrogen and oxygen atoms in total. The Morgan fingerprint density at radius 3 is 2.72 bits per heavy atom. The number of benzene rings is 1. The van der Waals surface area contributed by atoms with E-state index in [2.05, 4.69) is 31.0 Å². The van der Waals surface area contributed by atoms with Crippen molar-refractivity contribution in [2.75, 3.05) is 26.2 Å². The summed E-state index contributed by atoms with van der Waals surface area (Å²) < 4.78 is 2.34. The molecule has 9 heteroatoms. The number of piperidine rings is 1. The van der Waals surface area contributed by atoms with Gasteiger partial charge in [-0.25, -0.2) is 4.98 Å². The van der Waals surface area contributed by atoms with E-state index >= 15 is 0 Å². The molecule has 3 aromatic rings. The summed E-state index contributed by atoms with van der Waals surface area (Å²) in [4.78, 5) is 36.8. The molecule has 2 aliphatic heterocycles. The normalized spacial score (nSPS) is 18.3. The highest BCUT2D eigenvalue weighted by Crippen LogP contribution is 2.40. The summed E-state index contributed by atoms with van der Waals surface area (Å²) in [6.07, 6.45) is 5.39. The van der Waals surface area contributed by atoms with E-state index in [4.69, 9.17) is 0 Å². The maximum Gasteiger partial charge on any atom is 0.275 e. The fraction of sp³-hybridized carbons (Fsp3) is 0.400. The van der Waals surface area contributed by atoms with Gasteiger partial charge in [0.1, 0.15) is 0 Å². The third-order valence-electron chi connectivity index (χ3n) is 5.94. The van der Waals surface area contributed by atoms with Gasteiger partial charge in [-0.2, -0.15) is 5.10 Å². The number of amides is 2. The molecule has 0 radical (unpaired) electrons. The van der Waals surface area contributed by atoms with Gasteiger partial charge in [0.05, 0.1) is 21.8 Å². The first-order valence-electron chi connectivity index (χ1n) is 9.65. The number of nitrogens with one attached hydrogen (secondary N) is 1. The molecule has 29 heavy (non-hydrogen) atoms. The highest BCUT2D eigenvalue weighted by atomic mass is 79.9. The number of nitrogens with zero attached hydrogens (tertiary/aromatic N) is 5. The molecule has 0 aliphatic carbocycles. The quantitative estimate of drug-likeness (QED) is 0.641. The smallest absolute Gasteiger partial charge is 0.275 e. The van der Waals surface area contributed by atoms with E-state index in [1.165, 1.54) is 0 Å². The first kappa shape index (κ1) is 18.4. The molecule has 2 saturated heterocycles. The average Bonchev–Trinajstić information content (AvgIpc) is 3.29. The first-order valence-corrected chi connectivity index (χ1v) is 10.4. The highest BCUT2D eigenvalue weighted by Gasteiger charge is 2.49. The summed E-state index contributed by atoms with van der Waals surface area (Å²) >= 11 is 3.40. The van der Waals surface area contributed by atoms with Crippen molar-refractivity contribution in [3.05, 3.63) is 46.5 Å². The van der Waals surface area contributed by atoms with Crippen molar-refractivity contribution in [2.45, 2.75) is 12.8 Å². The number of aryl methyl sites for hydroxylation is 1. The Morgan fingerprint density at radius 2 is 1.97 bits per heavy atom. The Hall–Kier alpha value is -2.68. The van der Waals surface area contributed by atoms with Crippen LogP contribution >= 0.6 is 15.9 Å². The van der Waals surface area contributed by atoms with Gasteiger partial charge in [0, 0.05) is 50.4 Å². The average molecular weight is 457 g/mol. The van der Waals surface area contributed by atoms with Crippen molar-refractivity contribution in [1.82, 2.24) is 29.5 Å². The summed E-state index contributed by atoms with van der Waals surface area (Å²) in [6.45, 7) is 2.76. The number of carbonyl (C=O) groups is 2. The molecule has 5 rings (SSSR count). The second kappa shape index (κ2) is 6.69. The van der Waals surface area contributed by atoms with Gasteiger partial charge in [-0.05, 0) is 47.0 Å². The minimum absolute atomic E-state index is 0.0110. The Balaban J connectivity index is 1.28. The zero-order valence-electron chi connectivity index (χ0n) is 16.1. The minimum atomic E-state index is -0.0590. The van der Waals surface area contributed by atoms with E-state index < -0.39 is 0 Å². The van der Waals surface area contributed by atoms with Crippen molar-refractivity contribution in [2.24, 2.45) is 12.5 Å². The van der Waals surface area contributed by atoms with Crippen LogP contribution in [0.4, 0.5) is 0 Å². The van der Waals surface area contributed by atoms with E-state index in [1.807, 2.05) is 28.0 Å². The summed E-state index contributed by atoms with van der Waals surface area (Å²) in [7, 11) is 1.80. The fourth-order valence-corrected chi connectivity index (χ4v) is 5.10. The number of rotatable bonds is 2. The molecule has 4 heterocycles. The Bertz CT molecular complexity index is 1110. The molecule has 0 atom stereocenters. The largest absolute Gasteiger partial charge is 0.345 e. The van der Waals surface area contributed by atoms with Gasteiger partial charge in [-0.3, -0.25) is 14.3 Å². The van der Waals surface area contributed by atoms with Crippen LogP contribution in [0.5, 0.6) is 0 Å². The predicted octanol–water partition coefficient (Wildman–Crippen LogP) is 2.44. The number of carbonyl (C=O) groups excluding carboxylic acids is 2. The number of likely N-dealkylation sites (tertiary alicyclic amines) is 2. The third-order valence-corrected chi connectivity index (χ3v) is 6.52. The van der Waals surface area contributed by atoms with Gasteiger partial charge in [0.2, 0.25) is 0 Å². The molecule has 2 aromatic heterocycles. The lowest BCUT2D eigenvalue weighted by molar-refractivity contribution is -0.0341. The lowest BCUT2D eigenvalue weighted by Crippen LogP contribution is -2.64. The standard InChI is InChI=1S/C20H21BrN6O2/c1-25-8-14(21)17(24-25)19(29)27-10-20(11-27)5-2-6-26(9-20)18(28)13-3-4-15-16(7-13)23-12-22-15/h3-4,7-8,12H,2,5-6,9-11H2,1H3,(H,22,23). The van der Waals surface area contributed by atoms with Crippen LogP contribution in [0.15, 0.2) is 35.2 Å².